The molecule has 2 heterocycles. The predicted octanol–water partition coefficient (Wildman–Crippen LogP) is 4.76. The molecule has 4 rings (SSSR count). The molecular formula is C20H16Cl2N4O2. The molecule has 1 aliphatic heterocycles. The van der Waals surface area contributed by atoms with Crippen LogP contribution in [0.2, 0.25) is 10.0 Å². The third-order valence-corrected chi connectivity index (χ3v) is 5.14. The van der Waals surface area contributed by atoms with Gasteiger partial charge in [-0.2, -0.15) is 5.10 Å². The third-order valence-electron chi connectivity index (χ3n) is 4.59. The second-order valence-corrected chi connectivity index (χ2v) is 7.28. The van der Waals surface area contributed by atoms with E-state index in [1.54, 1.807) is 35.2 Å². The van der Waals surface area contributed by atoms with Crippen molar-refractivity contribution in [3.63, 3.8) is 0 Å². The van der Waals surface area contributed by atoms with Crippen LogP contribution in [0.15, 0.2) is 48.7 Å². The average molecular weight is 415 g/mol. The van der Waals surface area contributed by atoms with E-state index in [1.165, 1.54) is 6.20 Å². The standard InChI is InChI=1S/C20H16Cl2N4O2/c21-13-5-3-12(4-6-13)19-15(11-23-25-19)20(28)24-14-7-8-17(16(22)10-14)26-9-1-2-18(26)27/h3-8,10-11H,1-2,9H2,(H,23,25)(H,24,28). The fourth-order valence-electron chi connectivity index (χ4n) is 3.20. The van der Waals surface area contributed by atoms with Gasteiger partial charge in [-0.25, -0.2) is 0 Å². The van der Waals surface area contributed by atoms with Gasteiger partial charge in [0.15, 0.2) is 0 Å². The molecule has 142 valence electrons. The molecule has 1 fully saturated rings. The van der Waals surface area contributed by atoms with Crippen LogP contribution in [0.25, 0.3) is 11.3 Å². The third kappa shape index (κ3) is 3.61. The lowest BCUT2D eigenvalue weighted by Crippen LogP contribution is -2.24. The highest BCUT2D eigenvalue weighted by Gasteiger charge is 2.24. The van der Waals surface area contributed by atoms with Gasteiger partial charge in [-0.15, -0.1) is 0 Å². The van der Waals surface area contributed by atoms with Crippen LogP contribution < -0.4 is 10.2 Å². The summed E-state index contributed by atoms with van der Waals surface area (Å²) < 4.78 is 0. The van der Waals surface area contributed by atoms with E-state index in [-0.39, 0.29) is 11.8 Å². The predicted molar refractivity (Wildman–Crippen MR) is 110 cm³/mol. The highest BCUT2D eigenvalue weighted by atomic mass is 35.5. The van der Waals surface area contributed by atoms with E-state index in [0.717, 1.165) is 12.0 Å². The van der Waals surface area contributed by atoms with Gasteiger partial charge in [-0.3, -0.25) is 14.7 Å². The highest BCUT2D eigenvalue weighted by Crippen LogP contribution is 2.32. The summed E-state index contributed by atoms with van der Waals surface area (Å²) in [7, 11) is 0. The minimum Gasteiger partial charge on any atom is -0.322 e. The number of hydrogen-bond donors (Lipinski definition) is 2. The van der Waals surface area contributed by atoms with Crippen molar-refractivity contribution in [2.75, 3.05) is 16.8 Å². The second kappa shape index (κ2) is 7.66. The number of carbonyl (C=O) groups is 2. The van der Waals surface area contributed by atoms with Crippen LogP contribution in [0, 0.1) is 0 Å². The zero-order valence-electron chi connectivity index (χ0n) is 14.7. The Labute approximate surface area is 171 Å². The minimum absolute atomic E-state index is 0.0599. The van der Waals surface area contributed by atoms with E-state index in [4.69, 9.17) is 23.2 Å². The molecule has 0 atom stereocenters. The number of carbonyl (C=O) groups excluding carboxylic acids is 2. The SMILES string of the molecule is O=C(Nc1ccc(N2CCCC2=O)c(Cl)c1)c1cn[nH]c1-c1ccc(Cl)cc1. The topological polar surface area (TPSA) is 78.1 Å². The molecule has 0 spiro atoms. The van der Waals surface area contributed by atoms with E-state index in [0.29, 0.717) is 45.6 Å². The molecule has 8 heteroatoms. The number of benzene rings is 2. The zero-order valence-corrected chi connectivity index (χ0v) is 16.2. The summed E-state index contributed by atoms with van der Waals surface area (Å²) in [5, 5.41) is 10.7. The van der Waals surface area contributed by atoms with Crippen LogP contribution in [0.4, 0.5) is 11.4 Å². The Morgan fingerprint density at radius 2 is 1.93 bits per heavy atom. The molecule has 2 N–H and O–H groups in total. The number of rotatable bonds is 4. The van der Waals surface area contributed by atoms with Crippen molar-refractivity contribution in [1.29, 1.82) is 0 Å². The molecule has 1 aromatic heterocycles. The van der Waals surface area contributed by atoms with Crippen LogP contribution in [-0.4, -0.2) is 28.6 Å². The summed E-state index contributed by atoms with van der Waals surface area (Å²) in [4.78, 5) is 26.3. The van der Waals surface area contributed by atoms with Crippen molar-refractivity contribution in [2.45, 2.75) is 12.8 Å². The van der Waals surface area contributed by atoms with E-state index >= 15 is 0 Å². The van der Waals surface area contributed by atoms with Crippen molar-refractivity contribution in [2.24, 2.45) is 0 Å². The van der Waals surface area contributed by atoms with Gasteiger partial charge in [0, 0.05) is 29.2 Å². The van der Waals surface area contributed by atoms with E-state index < -0.39 is 0 Å². The molecule has 2 amide bonds. The number of aromatic amines is 1. The molecule has 28 heavy (non-hydrogen) atoms. The molecule has 1 saturated heterocycles. The van der Waals surface area contributed by atoms with Crippen molar-refractivity contribution in [1.82, 2.24) is 10.2 Å². The van der Waals surface area contributed by atoms with Gasteiger partial charge in [-0.05, 0) is 36.8 Å². The minimum atomic E-state index is -0.320. The number of anilines is 2. The van der Waals surface area contributed by atoms with Gasteiger partial charge in [0.2, 0.25) is 5.91 Å². The van der Waals surface area contributed by atoms with Gasteiger partial charge in [0.05, 0.1) is 28.2 Å². The molecule has 0 bridgehead atoms. The normalized spacial score (nSPS) is 13.8. The van der Waals surface area contributed by atoms with Gasteiger partial charge >= 0.3 is 0 Å². The Hall–Kier alpha value is -2.83. The van der Waals surface area contributed by atoms with Crippen LogP contribution in [-0.2, 0) is 4.79 Å². The molecule has 0 saturated carbocycles. The Balaban J connectivity index is 1.55. The first-order valence-corrected chi connectivity index (χ1v) is 9.49. The first kappa shape index (κ1) is 18.5. The van der Waals surface area contributed by atoms with Crippen molar-refractivity contribution in [3.8, 4) is 11.3 Å². The number of nitrogens with zero attached hydrogens (tertiary/aromatic N) is 2. The van der Waals surface area contributed by atoms with Gasteiger partial charge in [0.1, 0.15) is 0 Å². The number of hydrogen-bond acceptors (Lipinski definition) is 3. The van der Waals surface area contributed by atoms with Gasteiger partial charge in [0.25, 0.3) is 5.91 Å². The Bertz CT molecular complexity index is 1050. The number of halogens is 2. The van der Waals surface area contributed by atoms with Crippen LogP contribution in [0.5, 0.6) is 0 Å². The van der Waals surface area contributed by atoms with Crippen LogP contribution in [0.1, 0.15) is 23.2 Å². The summed E-state index contributed by atoms with van der Waals surface area (Å²) in [6.07, 6.45) is 2.82. The monoisotopic (exact) mass is 414 g/mol. The van der Waals surface area contributed by atoms with E-state index in [1.807, 2.05) is 12.1 Å². The summed E-state index contributed by atoms with van der Waals surface area (Å²) in [5.41, 5.74) is 2.99. The molecule has 1 aliphatic rings. The first-order valence-electron chi connectivity index (χ1n) is 8.73. The summed E-state index contributed by atoms with van der Waals surface area (Å²) >= 11 is 12.3. The lowest BCUT2D eigenvalue weighted by Gasteiger charge is -2.18. The first-order chi connectivity index (χ1) is 13.5. The lowest BCUT2D eigenvalue weighted by molar-refractivity contribution is -0.117. The number of amides is 2. The van der Waals surface area contributed by atoms with E-state index in [9.17, 15) is 9.59 Å². The van der Waals surface area contributed by atoms with Crippen molar-refractivity contribution in [3.05, 3.63) is 64.3 Å². The maximum Gasteiger partial charge on any atom is 0.259 e. The number of nitrogens with one attached hydrogen (secondary N) is 2. The van der Waals surface area contributed by atoms with Gasteiger partial charge in [-0.1, -0.05) is 35.3 Å². The average Bonchev–Trinajstić information content (AvgIpc) is 3.32. The van der Waals surface area contributed by atoms with Crippen LogP contribution in [0.3, 0.4) is 0 Å². The highest BCUT2D eigenvalue weighted by molar-refractivity contribution is 6.34. The Morgan fingerprint density at radius 3 is 2.61 bits per heavy atom. The quantitative estimate of drug-likeness (QED) is 0.645. The zero-order chi connectivity index (χ0) is 19.7. The lowest BCUT2D eigenvalue weighted by atomic mass is 10.1. The molecule has 0 unspecified atom stereocenters. The summed E-state index contributed by atoms with van der Waals surface area (Å²) in [6.45, 7) is 0.656. The fraction of sp³-hybridized carbons (Fsp3) is 0.150. The molecule has 3 aromatic rings. The van der Waals surface area contributed by atoms with E-state index in [2.05, 4.69) is 15.5 Å². The molecule has 0 radical (unpaired) electrons. The fourth-order valence-corrected chi connectivity index (χ4v) is 3.61. The molecular weight excluding hydrogens is 399 g/mol. The molecule has 0 aliphatic carbocycles. The van der Waals surface area contributed by atoms with Crippen molar-refractivity contribution >= 4 is 46.4 Å². The Morgan fingerprint density at radius 1 is 1.14 bits per heavy atom. The smallest absolute Gasteiger partial charge is 0.259 e. The molecule has 6 nitrogen and oxygen atoms in total. The molecule has 2 aromatic carbocycles. The van der Waals surface area contributed by atoms with Crippen LogP contribution >= 0.6 is 23.2 Å². The Kier molecular flexibility index (Phi) is 5.07. The second-order valence-electron chi connectivity index (χ2n) is 6.43. The number of H-pyrrole nitrogens is 1. The summed E-state index contributed by atoms with van der Waals surface area (Å²) in [5.74, 6) is -0.260. The maximum absolute atomic E-state index is 12.7. The number of aromatic nitrogens is 2. The van der Waals surface area contributed by atoms with Gasteiger partial charge < -0.3 is 10.2 Å². The summed E-state index contributed by atoms with van der Waals surface area (Å²) in [6, 6.07) is 12.2. The van der Waals surface area contributed by atoms with Crippen molar-refractivity contribution < 1.29 is 9.59 Å². The maximum atomic E-state index is 12.7. The largest absolute Gasteiger partial charge is 0.322 e.